The van der Waals surface area contributed by atoms with Gasteiger partial charge in [-0.3, -0.25) is 4.99 Å². The summed E-state index contributed by atoms with van der Waals surface area (Å²) in [6.07, 6.45) is 1.18. The van der Waals surface area contributed by atoms with Gasteiger partial charge in [-0.05, 0) is 30.3 Å². The van der Waals surface area contributed by atoms with Gasteiger partial charge >= 0.3 is 0 Å². The predicted octanol–water partition coefficient (Wildman–Crippen LogP) is 2.63. The summed E-state index contributed by atoms with van der Waals surface area (Å²) in [7, 11) is 1.58. The van der Waals surface area contributed by atoms with Crippen molar-refractivity contribution < 1.29 is 8.78 Å². The van der Waals surface area contributed by atoms with Crippen molar-refractivity contribution in [1.82, 2.24) is 0 Å². The van der Waals surface area contributed by atoms with Gasteiger partial charge in [-0.1, -0.05) is 23.1 Å². The third kappa shape index (κ3) is 2.77. The molecule has 0 heterocycles. The standard InChI is InChI=1S/C13H9BClF2N/c14-11-5-6-12(16)10(13(11)17)7-18-9-3-1-8(15)2-4-9/h1-7H,14H2/b18-7+. The lowest BCUT2D eigenvalue weighted by molar-refractivity contribution is 0.585. The Morgan fingerprint density at radius 1 is 1.06 bits per heavy atom. The molecule has 2 aromatic rings. The van der Waals surface area contributed by atoms with Gasteiger partial charge in [-0.2, -0.15) is 0 Å². The van der Waals surface area contributed by atoms with E-state index in [0.29, 0.717) is 16.2 Å². The van der Waals surface area contributed by atoms with Crippen LogP contribution in [0.5, 0.6) is 0 Å². The molecule has 0 aromatic heterocycles. The van der Waals surface area contributed by atoms with Crippen molar-refractivity contribution >= 4 is 36.8 Å². The molecule has 0 aliphatic heterocycles. The summed E-state index contributed by atoms with van der Waals surface area (Å²) < 4.78 is 27.1. The van der Waals surface area contributed by atoms with E-state index in [9.17, 15) is 8.78 Å². The number of aliphatic imine (C=N–C) groups is 1. The third-order valence-electron chi connectivity index (χ3n) is 2.49. The van der Waals surface area contributed by atoms with Crippen LogP contribution in [0.4, 0.5) is 14.5 Å². The molecule has 5 heteroatoms. The molecule has 0 radical (unpaired) electrons. The fourth-order valence-corrected chi connectivity index (χ4v) is 1.59. The number of nitrogens with zero attached hydrogens (tertiary/aromatic N) is 1. The summed E-state index contributed by atoms with van der Waals surface area (Å²) in [6.45, 7) is 0. The molecule has 0 spiro atoms. The molecule has 0 saturated heterocycles. The molecule has 1 nitrogen and oxygen atoms in total. The first kappa shape index (κ1) is 12.8. The van der Waals surface area contributed by atoms with Gasteiger partial charge in [0.15, 0.2) is 0 Å². The van der Waals surface area contributed by atoms with Crippen LogP contribution in [0.15, 0.2) is 41.4 Å². The van der Waals surface area contributed by atoms with Gasteiger partial charge in [0.05, 0.1) is 11.3 Å². The molecule has 18 heavy (non-hydrogen) atoms. The monoisotopic (exact) mass is 263 g/mol. The number of halogens is 3. The fraction of sp³-hybridized carbons (Fsp3) is 0. The van der Waals surface area contributed by atoms with E-state index in [0.717, 1.165) is 0 Å². The minimum absolute atomic E-state index is 0.134. The molecule has 0 aliphatic rings. The average molecular weight is 263 g/mol. The molecule has 0 aliphatic carbocycles. The smallest absolute Gasteiger partial charge is 0.143 e. The Hall–Kier alpha value is -1.68. The van der Waals surface area contributed by atoms with Crippen LogP contribution in [-0.4, -0.2) is 14.1 Å². The van der Waals surface area contributed by atoms with E-state index < -0.39 is 11.6 Å². The Morgan fingerprint density at radius 2 is 1.72 bits per heavy atom. The minimum Gasteiger partial charge on any atom is -0.256 e. The van der Waals surface area contributed by atoms with E-state index in [4.69, 9.17) is 11.6 Å². The van der Waals surface area contributed by atoms with Crippen LogP contribution in [-0.2, 0) is 0 Å². The second kappa shape index (κ2) is 5.31. The highest BCUT2D eigenvalue weighted by molar-refractivity contribution is 6.32. The summed E-state index contributed by atoms with van der Waals surface area (Å²) in [5, 5.41) is 0.585. The number of hydrogen-bond acceptors (Lipinski definition) is 1. The molecule has 0 N–H and O–H groups in total. The van der Waals surface area contributed by atoms with Crippen LogP contribution in [0, 0.1) is 11.6 Å². The second-order valence-corrected chi connectivity index (χ2v) is 4.26. The summed E-state index contributed by atoms with van der Waals surface area (Å²) in [5.74, 6) is -1.22. The molecule has 0 atom stereocenters. The Bertz CT molecular complexity index is 597. The highest BCUT2D eigenvalue weighted by Crippen LogP contribution is 2.17. The lowest BCUT2D eigenvalue weighted by Crippen LogP contribution is -2.12. The maximum Gasteiger partial charge on any atom is 0.143 e. The molecular weight excluding hydrogens is 254 g/mol. The lowest BCUT2D eigenvalue weighted by Gasteiger charge is -2.02. The van der Waals surface area contributed by atoms with Gasteiger partial charge in [-0.15, -0.1) is 0 Å². The summed E-state index contributed by atoms with van der Waals surface area (Å²) >= 11 is 5.73. The van der Waals surface area contributed by atoms with Crippen molar-refractivity contribution in [3.05, 3.63) is 58.6 Å². The van der Waals surface area contributed by atoms with E-state index in [1.54, 1.807) is 32.1 Å². The molecule has 90 valence electrons. The molecular formula is C13H9BClF2N. The maximum atomic E-state index is 13.7. The highest BCUT2D eigenvalue weighted by Gasteiger charge is 2.08. The minimum atomic E-state index is -0.629. The molecule has 0 fully saturated rings. The number of rotatable bonds is 2. The van der Waals surface area contributed by atoms with E-state index in [-0.39, 0.29) is 5.56 Å². The Morgan fingerprint density at radius 3 is 2.39 bits per heavy atom. The van der Waals surface area contributed by atoms with E-state index in [1.807, 2.05) is 0 Å². The van der Waals surface area contributed by atoms with Gasteiger partial charge in [0, 0.05) is 11.2 Å². The third-order valence-corrected chi connectivity index (χ3v) is 2.74. The van der Waals surface area contributed by atoms with Crippen molar-refractivity contribution in [2.75, 3.05) is 0 Å². The molecule has 0 bridgehead atoms. The predicted molar refractivity (Wildman–Crippen MR) is 73.2 cm³/mol. The fourth-order valence-electron chi connectivity index (χ4n) is 1.46. The SMILES string of the molecule is Bc1ccc(F)c(/C=N/c2ccc(Cl)cc2)c1F. The normalized spacial score (nSPS) is 11.1. The van der Waals surface area contributed by atoms with Crippen molar-refractivity contribution in [3.63, 3.8) is 0 Å². The van der Waals surface area contributed by atoms with Crippen LogP contribution in [0.3, 0.4) is 0 Å². The quantitative estimate of drug-likeness (QED) is 0.583. The second-order valence-electron chi connectivity index (χ2n) is 3.83. The van der Waals surface area contributed by atoms with E-state index in [1.165, 1.54) is 18.3 Å². The topological polar surface area (TPSA) is 12.4 Å². The zero-order valence-corrected chi connectivity index (χ0v) is 10.4. The zero-order chi connectivity index (χ0) is 13.1. The molecule has 0 unspecified atom stereocenters. The lowest BCUT2D eigenvalue weighted by atomic mass is 9.93. The summed E-state index contributed by atoms with van der Waals surface area (Å²) in [5.41, 5.74) is 0.832. The largest absolute Gasteiger partial charge is 0.256 e. The van der Waals surface area contributed by atoms with Gasteiger partial charge in [0.2, 0.25) is 0 Å². The van der Waals surface area contributed by atoms with Crippen LogP contribution in [0.2, 0.25) is 5.02 Å². The van der Waals surface area contributed by atoms with E-state index in [2.05, 4.69) is 4.99 Å². The maximum absolute atomic E-state index is 13.7. The number of hydrogen-bond donors (Lipinski definition) is 0. The molecule has 0 amide bonds. The van der Waals surface area contributed by atoms with Crippen molar-refractivity contribution in [2.24, 2.45) is 4.99 Å². The summed E-state index contributed by atoms with van der Waals surface area (Å²) in [6, 6.07) is 9.29. The first-order valence-corrected chi connectivity index (χ1v) is 5.70. The van der Waals surface area contributed by atoms with Crippen molar-refractivity contribution in [1.29, 1.82) is 0 Å². The molecule has 0 saturated carbocycles. The van der Waals surface area contributed by atoms with Crippen LogP contribution >= 0.6 is 11.6 Å². The van der Waals surface area contributed by atoms with Gasteiger partial charge in [-0.25, -0.2) is 8.78 Å². The Labute approximate surface area is 110 Å². The van der Waals surface area contributed by atoms with Gasteiger partial charge in [0.25, 0.3) is 0 Å². The first-order chi connectivity index (χ1) is 8.58. The van der Waals surface area contributed by atoms with Gasteiger partial charge in [0.1, 0.15) is 19.5 Å². The molecule has 2 rings (SSSR count). The Balaban J connectivity index is 2.34. The van der Waals surface area contributed by atoms with Crippen molar-refractivity contribution in [2.45, 2.75) is 0 Å². The van der Waals surface area contributed by atoms with Crippen LogP contribution < -0.4 is 5.46 Å². The van der Waals surface area contributed by atoms with E-state index >= 15 is 0 Å². The molecule has 2 aromatic carbocycles. The van der Waals surface area contributed by atoms with Gasteiger partial charge < -0.3 is 0 Å². The Kier molecular flexibility index (Phi) is 3.77. The first-order valence-electron chi connectivity index (χ1n) is 5.32. The number of benzene rings is 2. The van der Waals surface area contributed by atoms with Crippen molar-refractivity contribution in [3.8, 4) is 0 Å². The highest BCUT2D eigenvalue weighted by atomic mass is 35.5. The van der Waals surface area contributed by atoms with Crippen LogP contribution in [0.1, 0.15) is 5.56 Å². The summed E-state index contributed by atoms with van der Waals surface area (Å²) in [4.78, 5) is 4.02. The average Bonchev–Trinajstić information content (AvgIpc) is 2.36. The van der Waals surface area contributed by atoms with Crippen LogP contribution in [0.25, 0.3) is 0 Å². The zero-order valence-electron chi connectivity index (χ0n) is 9.62.